The van der Waals surface area contributed by atoms with Crippen LogP contribution in [0.4, 0.5) is 20.2 Å². The molecule has 0 bridgehead atoms. The predicted molar refractivity (Wildman–Crippen MR) is 241 cm³/mol. The first-order valence-electron chi connectivity index (χ1n) is 19.3. The summed E-state index contributed by atoms with van der Waals surface area (Å²) in [5.74, 6) is -1.46. The Morgan fingerprint density at radius 3 is 1.73 bits per heavy atom. The van der Waals surface area contributed by atoms with Crippen molar-refractivity contribution in [2.24, 2.45) is 0 Å². The van der Waals surface area contributed by atoms with Gasteiger partial charge in [-0.25, -0.2) is 18.4 Å². The molecule has 2 aliphatic heterocycles. The molecule has 336 valence electrons. The number of piperazine rings is 2. The number of carbonyl (C=O) groups is 2. The van der Waals surface area contributed by atoms with Gasteiger partial charge in [-0.05, 0) is 50.2 Å². The molecular weight excluding hydrogens is 932 g/mol. The maximum Gasteiger partial charge on any atom is 0.420 e. The fourth-order valence-electron chi connectivity index (χ4n) is 7.34. The van der Waals surface area contributed by atoms with Gasteiger partial charge in [-0.3, -0.25) is 19.1 Å². The van der Waals surface area contributed by atoms with Crippen molar-refractivity contribution in [2.45, 2.75) is 32.5 Å². The fourth-order valence-corrected chi connectivity index (χ4v) is 8.27. The third-order valence-corrected chi connectivity index (χ3v) is 11.7. The number of methoxy groups -OCH3 is 2. The van der Waals surface area contributed by atoms with Crippen molar-refractivity contribution in [3.05, 3.63) is 113 Å². The Hall–Kier alpha value is -5.13. The number of oxazole rings is 2. The van der Waals surface area contributed by atoms with Crippen LogP contribution in [-0.2, 0) is 16.1 Å². The summed E-state index contributed by atoms with van der Waals surface area (Å²) < 4.78 is 50.2. The number of aromatic amines is 1. The van der Waals surface area contributed by atoms with Gasteiger partial charge in [-0.15, -0.1) is 11.6 Å². The molecule has 2 atom stereocenters. The summed E-state index contributed by atoms with van der Waals surface area (Å²) in [6.45, 7) is 6.45. The third kappa shape index (κ3) is 11.0. The smallest absolute Gasteiger partial charge is 0.420 e. The zero-order valence-electron chi connectivity index (χ0n) is 34.2. The van der Waals surface area contributed by atoms with Crippen molar-refractivity contribution in [1.29, 1.82) is 0 Å². The van der Waals surface area contributed by atoms with Crippen LogP contribution in [0.1, 0.15) is 13.8 Å². The van der Waals surface area contributed by atoms with E-state index in [9.17, 15) is 28.0 Å². The highest BCUT2D eigenvalue weighted by atomic mass is 35.5. The molecule has 2 aliphatic rings. The summed E-state index contributed by atoms with van der Waals surface area (Å²) in [6.07, 6.45) is 0. The first-order chi connectivity index (χ1) is 30.0. The lowest BCUT2D eigenvalue weighted by Gasteiger charge is -2.41. The molecule has 14 nitrogen and oxygen atoms in total. The molecule has 0 radical (unpaired) electrons. The Kier molecular flexibility index (Phi) is 15.5. The van der Waals surface area contributed by atoms with E-state index in [1.165, 1.54) is 37.0 Å². The van der Waals surface area contributed by atoms with E-state index in [-0.39, 0.29) is 46.4 Å². The van der Waals surface area contributed by atoms with Crippen molar-refractivity contribution < 1.29 is 36.7 Å². The largest absolute Gasteiger partial charge is 0.495 e. The Morgan fingerprint density at radius 2 is 1.22 bits per heavy atom. The van der Waals surface area contributed by atoms with Crippen molar-refractivity contribution in [2.75, 3.05) is 69.2 Å². The van der Waals surface area contributed by atoms with Gasteiger partial charge in [-0.2, -0.15) is 0 Å². The van der Waals surface area contributed by atoms with Gasteiger partial charge < -0.3 is 37.9 Å². The first-order valence-corrected chi connectivity index (χ1v) is 21.3. The Bertz CT molecular complexity index is 2750. The molecule has 4 aromatic carbocycles. The lowest BCUT2D eigenvalue weighted by Crippen LogP contribution is -2.55. The molecule has 2 aromatic heterocycles. The minimum Gasteiger partial charge on any atom is -0.495 e. The molecule has 2 fully saturated rings. The maximum absolute atomic E-state index is 14.5. The monoisotopic (exact) mass is 970 g/mol. The van der Waals surface area contributed by atoms with Crippen LogP contribution in [0.3, 0.4) is 0 Å². The molecule has 2 amide bonds. The van der Waals surface area contributed by atoms with E-state index in [4.69, 9.17) is 76.3 Å². The molecule has 6 aromatic rings. The Balaban J connectivity index is 0.000000177. The van der Waals surface area contributed by atoms with Crippen LogP contribution in [0.15, 0.2) is 79.1 Å². The van der Waals surface area contributed by atoms with E-state index in [0.29, 0.717) is 94.4 Å². The molecule has 0 saturated carbocycles. The van der Waals surface area contributed by atoms with Crippen molar-refractivity contribution in [3.8, 4) is 11.5 Å². The number of fused-ring (bicyclic) bond motifs is 2. The average Bonchev–Trinajstić information content (AvgIpc) is 3.77. The number of alkyl halides is 1. The van der Waals surface area contributed by atoms with Gasteiger partial charge in [0, 0.05) is 85.7 Å². The van der Waals surface area contributed by atoms with Crippen LogP contribution >= 0.6 is 58.0 Å². The highest BCUT2D eigenvalue weighted by molar-refractivity contribution is 6.32. The Labute approximate surface area is 384 Å². The van der Waals surface area contributed by atoms with E-state index in [1.807, 2.05) is 23.6 Å². The van der Waals surface area contributed by atoms with Crippen LogP contribution in [-0.4, -0.2) is 103 Å². The quantitative estimate of drug-likeness (QED) is 0.155. The van der Waals surface area contributed by atoms with E-state index in [1.54, 1.807) is 52.3 Å². The first kappa shape index (κ1) is 47.4. The van der Waals surface area contributed by atoms with Crippen molar-refractivity contribution in [1.82, 2.24) is 19.4 Å². The summed E-state index contributed by atoms with van der Waals surface area (Å²) in [5.41, 5.74) is 2.79. The van der Waals surface area contributed by atoms with Gasteiger partial charge in [0.25, 0.3) is 0 Å². The number of nitrogens with zero attached hydrogens (tertiary/aromatic N) is 5. The molecule has 0 aliphatic carbocycles. The van der Waals surface area contributed by atoms with Gasteiger partial charge >= 0.3 is 11.5 Å². The second kappa shape index (κ2) is 20.6. The second-order valence-corrected chi connectivity index (χ2v) is 16.4. The molecular formula is C42H41Cl5F2N6O8. The highest BCUT2D eigenvalue weighted by Gasteiger charge is 2.31. The maximum atomic E-state index is 14.5. The summed E-state index contributed by atoms with van der Waals surface area (Å²) in [5, 5.41) is 1.43. The highest BCUT2D eigenvalue weighted by Crippen LogP contribution is 2.35. The number of rotatable bonds is 7. The predicted octanol–water partition coefficient (Wildman–Crippen LogP) is 8.32. The number of carbonyl (C=O) groups excluding carboxylic acids is 2. The van der Waals surface area contributed by atoms with E-state index in [0.717, 1.165) is 0 Å². The number of anilines is 2. The second-order valence-electron chi connectivity index (χ2n) is 14.5. The molecule has 63 heavy (non-hydrogen) atoms. The molecule has 1 N–H and O–H groups in total. The number of aromatic nitrogens is 2. The number of benzene rings is 4. The molecule has 8 rings (SSSR count). The zero-order valence-corrected chi connectivity index (χ0v) is 38.0. The van der Waals surface area contributed by atoms with Crippen LogP contribution in [0.2, 0.25) is 20.1 Å². The Morgan fingerprint density at radius 1 is 0.714 bits per heavy atom. The normalized spacial score (nSPS) is 16.4. The number of nitrogens with one attached hydrogen (secondary N) is 1. The molecule has 21 heteroatoms. The van der Waals surface area contributed by atoms with Crippen LogP contribution in [0.5, 0.6) is 11.5 Å². The fraction of sp³-hybridized carbons (Fsp3) is 0.333. The lowest BCUT2D eigenvalue weighted by atomic mass is 10.1. The van der Waals surface area contributed by atoms with Gasteiger partial charge in [0.15, 0.2) is 11.2 Å². The van der Waals surface area contributed by atoms with E-state index in [2.05, 4.69) is 4.98 Å². The van der Waals surface area contributed by atoms with Crippen LogP contribution < -0.4 is 30.8 Å². The van der Waals surface area contributed by atoms with Crippen molar-refractivity contribution in [3.63, 3.8) is 0 Å². The standard InChI is InChI=1S/C21H20Cl2FN3O4.C14H17Cl2FN2O2.C7H4ClNO2/c1-12-10-25(17-9-18(30-2)14(23)8-15(17)24)5-6-26(12)20(28)11-27-16-4-3-13(22)7-19(16)31-21(27)29;1-9-8-18(3-4-19(9)14(20)7-15)12-6-13(21-2)10(16)5-11(12)17;8-4-1-2-5-6(3-4)11-7(10)9-5/h3-4,7-9,12H,5-6,10-11H2,1-2H3;5-6,9H,3-4,7-8H2,1-2H3;1-3H,(H,9,10)/t12-;9-;/m00./s1. The summed E-state index contributed by atoms with van der Waals surface area (Å²) in [7, 11) is 2.96. The molecule has 2 saturated heterocycles. The minimum absolute atomic E-state index is 0.0343. The zero-order chi connectivity index (χ0) is 45.7. The number of H-pyrrole nitrogens is 1. The third-order valence-electron chi connectivity index (χ3n) is 10.4. The van der Waals surface area contributed by atoms with Gasteiger partial charge in [0.1, 0.15) is 35.6 Å². The summed E-state index contributed by atoms with van der Waals surface area (Å²) >= 11 is 29.1. The number of halogens is 7. The molecule has 4 heterocycles. The summed E-state index contributed by atoms with van der Waals surface area (Å²) in [6, 6.07) is 15.2. The van der Waals surface area contributed by atoms with Gasteiger partial charge in [0.2, 0.25) is 11.8 Å². The van der Waals surface area contributed by atoms with Gasteiger partial charge in [-0.1, -0.05) is 46.4 Å². The van der Waals surface area contributed by atoms with Crippen molar-refractivity contribution >= 4 is 103 Å². The number of amides is 2. The number of hydrogen-bond donors (Lipinski definition) is 1. The number of hydrogen-bond acceptors (Lipinski definition) is 10. The van der Waals surface area contributed by atoms with E-state index < -0.39 is 23.1 Å². The SMILES string of the molecule is COc1cc(N2CCN(C(=O)CCl)[C@@H](C)C2)c(F)cc1Cl.COc1cc(N2CCN(C(=O)Cn3c(=O)oc4cc(Cl)ccc43)[C@@H](C)C2)c(F)cc1Cl.O=c1[nH]c2ccc(Cl)cc2o1. The van der Waals surface area contributed by atoms with Crippen LogP contribution in [0, 0.1) is 11.6 Å². The van der Waals surface area contributed by atoms with Gasteiger partial charge in [0.05, 0.1) is 46.7 Å². The minimum atomic E-state index is -0.618. The average molecular weight is 973 g/mol. The lowest BCUT2D eigenvalue weighted by molar-refractivity contribution is -0.134. The number of ether oxygens (including phenoxy) is 2. The molecule has 0 unspecified atom stereocenters. The van der Waals surface area contributed by atoms with Crippen LogP contribution in [0.25, 0.3) is 22.2 Å². The van der Waals surface area contributed by atoms with E-state index >= 15 is 0 Å². The topological polar surface area (TPSA) is 147 Å². The summed E-state index contributed by atoms with van der Waals surface area (Å²) in [4.78, 5) is 57.2. The molecule has 0 spiro atoms.